The first-order chi connectivity index (χ1) is 12.0. The maximum absolute atomic E-state index is 12.6. The van der Waals surface area contributed by atoms with Gasteiger partial charge < -0.3 is 9.80 Å². The lowest BCUT2D eigenvalue weighted by Crippen LogP contribution is -2.78. The van der Waals surface area contributed by atoms with Gasteiger partial charge in [0.1, 0.15) is 0 Å². The third-order valence-electron chi connectivity index (χ3n) is 5.26. The van der Waals surface area contributed by atoms with Crippen LogP contribution in [0.4, 0.5) is 0 Å². The third-order valence-corrected chi connectivity index (χ3v) is 5.26. The lowest BCUT2D eigenvalue weighted by atomic mass is 9.76. The van der Waals surface area contributed by atoms with Crippen LogP contribution < -0.4 is 0 Å². The van der Waals surface area contributed by atoms with Gasteiger partial charge in [0.25, 0.3) is 11.8 Å². The normalized spacial score (nSPS) is 18.0. The number of hydrogen-bond acceptors (Lipinski definition) is 4. The number of carbonyl (C=O) groups is 2. The van der Waals surface area contributed by atoms with Crippen LogP contribution in [0.1, 0.15) is 39.8 Å². The molecule has 7 nitrogen and oxygen atoms in total. The smallest absolute Gasteiger partial charge is 0.257 e. The van der Waals surface area contributed by atoms with E-state index in [0.29, 0.717) is 24.2 Å². The predicted molar refractivity (Wildman–Crippen MR) is 91.1 cm³/mol. The summed E-state index contributed by atoms with van der Waals surface area (Å²) in [6, 6.07) is 3.73. The van der Waals surface area contributed by atoms with E-state index in [9.17, 15) is 9.59 Å². The molecule has 2 amide bonds. The van der Waals surface area contributed by atoms with Gasteiger partial charge in [0, 0.05) is 44.8 Å². The molecule has 4 rings (SSSR count). The van der Waals surface area contributed by atoms with E-state index in [1.165, 1.54) is 0 Å². The van der Waals surface area contributed by atoms with E-state index >= 15 is 0 Å². The molecule has 0 saturated carbocycles. The molecule has 7 heteroatoms. The largest absolute Gasteiger partial charge is 0.334 e. The number of amides is 2. The highest BCUT2D eigenvalue weighted by Crippen LogP contribution is 2.40. The number of hydrogen-bond donors (Lipinski definition) is 0. The molecule has 130 valence electrons. The minimum absolute atomic E-state index is 0.000384. The van der Waals surface area contributed by atoms with Crippen LogP contribution in [0, 0.1) is 0 Å². The fourth-order valence-electron chi connectivity index (χ4n) is 3.62. The van der Waals surface area contributed by atoms with Crippen LogP contribution in [0.25, 0.3) is 0 Å². The van der Waals surface area contributed by atoms with Crippen molar-refractivity contribution in [2.75, 3.05) is 19.6 Å². The topological polar surface area (TPSA) is 71.3 Å². The highest BCUT2D eigenvalue weighted by Gasteiger charge is 2.56. The van der Waals surface area contributed by atoms with Crippen molar-refractivity contribution in [3.05, 3.63) is 47.5 Å². The summed E-state index contributed by atoms with van der Waals surface area (Å²) in [6.07, 6.45) is 6.77. The van der Waals surface area contributed by atoms with Gasteiger partial charge in [-0.2, -0.15) is 5.10 Å². The molecule has 25 heavy (non-hydrogen) atoms. The Morgan fingerprint density at radius 3 is 2.48 bits per heavy atom. The Labute approximate surface area is 146 Å². The molecule has 4 heterocycles. The van der Waals surface area contributed by atoms with E-state index in [1.807, 2.05) is 24.0 Å². The average molecular weight is 339 g/mol. The molecule has 0 bridgehead atoms. The second-order valence-electron chi connectivity index (χ2n) is 6.89. The monoisotopic (exact) mass is 339 g/mol. The van der Waals surface area contributed by atoms with Crippen LogP contribution in [0.2, 0.25) is 0 Å². The summed E-state index contributed by atoms with van der Waals surface area (Å²) in [6.45, 7) is 3.96. The highest BCUT2D eigenvalue weighted by atomic mass is 16.2. The van der Waals surface area contributed by atoms with Gasteiger partial charge in [-0.15, -0.1) is 0 Å². The van der Waals surface area contributed by atoms with Crippen LogP contribution >= 0.6 is 0 Å². The molecule has 0 atom stereocenters. The molecule has 0 unspecified atom stereocenters. The minimum Gasteiger partial charge on any atom is -0.334 e. The van der Waals surface area contributed by atoms with Gasteiger partial charge in [-0.05, 0) is 25.0 Å². The lowest BCUT2D eigenvalue weighted by Gasteiger charge is -2.62. The number of aryl methyl sites for hydroxylation is 2. The molecule has 1 spiro atoms. The molecule has 2 fully saturated rings. The summed E-state index contributed by atoms with van der Waals surface area (Å²) >= 11 is 0. The molecule has 0 aromatic carbocycles. The van der Waals surface area contributed by atoms with E-state index in [2.05, 4.69) is 10.1 Å². The third kappa shape index (κ3) is 2.50. The highest BCUT2D eigenvalue weighted by molar-refractivity contribution is 5.97. The van der Waals surface area contributed by atoms with Crippen molar-refractivity contribution in [2.24, 2.45) is 7.05 Å². The number of rotatable bonds is 3. The molecule has 2 aliphatic rings. The number of likely N-dealkylation sites (tertiary alicyclic amines) is 2. The van der Waals surface area contributed by atoms with Crippen molar-refractivity contribution < 1.29 is 9.59 Å². The van der Waals surface area contributed by atoms with Crippen molar-refractivity contribution >= 4 is 11.8 Å². The molecule has 2 saturated heterocycles. The molecule has 2 aromatic heterocycles. The van der Waals surface area contributed by atoms with Crippen molar-refractivity contribution in [2.45, 2.75) is 25.3 Å². The second-order valence-corrected chi connectivity index (χ2v) is 6.89. The molecule has 2 aromatic rings. The fourth-order valence-corrected chi connectivity index (χ4v) is 3.62. The van der Waals surface area contributed by atoms with E-state index in [1.54, 1.807) is 35.2 Å². The van der Waals surface area contributed by atoms with Gasteiger partial charge in [0.05, 0.1) is 22.9 Å². The van der Waals surface area contributed by atoms with Crippen molar-refractivity contribution in [3.63, 3.8) is 0 Å². The fraction of sp³-hybridized carbons (Fsp3) is 0.444. The van der Waals surface area contributed by atoms with Crippen LogP contribution in [0.3, 0.4) is 0 Å². The van der Waals surface area contributed by atoms with E-state index < -0.39 is 0 Å². The van der Waals surface area contributed by atoms with Crippen molar-refractivity contribution in [1.82, 2.24) is 24.6 Å². The van der Waals surface area contributed by atoms with E-state index in [4.69, 9.17) is 0 Å². The first-order valence-corrected chi connectivity index (χ1v) is 8.57. The molecular formula is C18H21N5O2. The maximum atomic E-state index is 12.6. The van der Waals surface area contributed by atoms with Gasteiger partial charge in [-0.1, -0.05) is 6.92 Å². The SMILES string of the molecule is CCc1ccc(C(=O)N2CC3(CCN3C(=O)c3cnn(C)c3)C2)cn1. The van der Waals surface area contributed by atoms with Gasteiger partial charge in [-0.3, -0.25) is 19.3 Å². The van der Waals surface area contributed by atoms with Crippen LogP contribution in [0.15, 0.2) is 30.7 Å². The zero-order chi connectivity index (χ0) is 17.6. The first kappa shape index (κ1) is 15.8. The Bertz CT molecular complexity index is 820. The number of aromatic nitrogens is 3. The molecule has 0 radical (unpaired) electrons. The zero-order valence-electron chi connectivity index (χ0n) is 14.5. The summed E-state index contributed by atoms with van der Waals surface area (Å²) < 4.78 is 1.63. The minimum atomic E-state index is -0.195. The maximum Gasteiger partial charge on any atom is 0.257 e. The van der Waals surface area contributed by atoms with Gasteiger partial charge in [0.2, 0.25) is 0 Å². The number of nitrogens with zero attached hydrogens (tertiary/aromatic N) is 5. The van der Waals surface area contributed by atoms with Crippen LogP contribution in [-0.2, 0) is 13.5 Å². The van der Waals surface area contributed by atoms with E-state index in [0.717, 1.165) is 25.1 Å². The Hall–Kier alpha value is -2.70. The summed E-state index contributed by atoms with van der Waals surface area (Å²) in [5.41, 5.74) is 1.99. The van der Waals surface area contributed by atoms with Gasteiger partial charge in [0.15, 0.2) is 0 Å². The predicted octanol–water partition coefficient (Wildman–Crippen LogP) is 1.12. The van der Waals surface area contributed by atoms with E-state index in [-0.39, 0.29) is 17.4 Å². The summed E-state index contributed by atoms with van der Waals surface area (Å²) in [7, 11) is 1.80. The van der Waals surface area contributed by atoms with Crippen molar-refractivity contribution in [3.8, 4) is 0 Å². The Kier molecular flexibility index (Phi) is 3.59. The lowest BCUT2D eigenvalue weighted by molar-refractivity contribution is -0.0848. The molecular weight excluding hydrogens is 318 g/mol. The van der Waals surface area contributed by atoms with Crippen molar-refractivity contribution in [1.29, 1.82) is 0 Å². The second kappa shape index (κ2) is 5.68. The summed E-state index contributed by atoms with van der Waals surface area (Å²) in [5, 5.41) is 4.06. The summed E-state index contributed by atoms with van der Waals surface area (Å²) in [5.74, 6) is -0.0122. The average Bonchev–Trinajstić information content (AvgIpc) is 2.99. The van der Waals surface area contributed by atoms with Crippen LogP contribution in [-0.4, -0.2) is 61.6 Å². The zero-order valence-corrected chi connectivity index (χ0v) is 14.5. The summed E-state index contributed by atoms with van der Waals surface area (Å²) in [4.78, 5) is 33.2. The molecule has 2 aliphatic heterocycles. The Morgan fingerprint density at radius 1 is 1.16 bits per heavy atom. The number of pyridine rings is 1. The number of carbonyl (C=O) groups excluding carboxylic acids is 2. The Balaban J connectivity index is 1.42. The molecule has 0 aliphatic carbocycles. The van der Waals surface area contributed by atoms with Gasteiger partial charge >= 0.3 is 0 Å². The van der Waals surface area contributed by atoms with Gasteiger partial charge in [-0.25, -0.2) is 0 Å². The van der Waals surface area contributed by atoms with Crippen LogP contribution in [0.5, 0.6) is 0 Å². The first-order valence-electron chi connectivity index (χ1n) is 8.57. The standard InChI is InChI=1S/C18H21N5O2/c1-3-15-5-4-13(8-19-15)16(24)22-11-18(12-22)6-7-23(18)17(25)14-9-20-21(2)10-14/h4-5,8-10H,3,6-7,11-12H2,1-2H3. The quantitative estimate of drug-likeness (QED) is 0.840. The Morgan fingerprint density at radius 2 is 1.96 bits per heavy atom. The molecule has 0 N–H and O–H groups in total.